The maximum atomic E-state index is 10.6. The second kappa shape index (κ2) is 6.86. The average molecular weight is 200 g/mol. The topological polar surface area (TPSA) is 37.3 Å². The van der Waals surface area contributed by atoms with Crippen LogP contribution in [0.3, 0.4) is 0 Å². The Morgan fingerprint density at radius 3 is 2.14 bits per heavy atom. The van der Waals surface area contributed by atoms with E-state index in [0.29, 0.717) is 5.92 Å². The van der Waals surface area contributed by atoms with E-state index in [4.69, 9.17) is 5.11 Å². The first-order chi connectivity index (χ1) is 6.47. The Bertz CT molecular complexity index is 166. The van der Waals surface area contributed by atoms with Crippen molar-refractivity contribution in [2.24, 2.45) is 17.8 Å². The molecule has 0 aliphatic carbocycles. The smallest absolute Gasteiger partial charge is 0.306 e. The number of hydrogen-bond donors (Lipinski definition) is 1. The number of carbonyl (C=O) groups is 1. The molecule has 0 aromatic carbocycles. The van der Waals surface area contributed by atoms with Crippen LogP contribution in [-0.4, -0.2) is 11.1 Å². The van der Waals surface area contributed by atoms with Gasteiger partial charge in [-0.1, -0.05) is 40.5 Å². The van der Waals surface area contributed by atoms with Crippen LogP contribution < -0.4 is 0 Å². The van der Waals surface area contributed by atoms with Gasteiger partial charge in [0.15, 0.2) is 0 Å². The highest BCUT2D eigenvalue weighted by Crippen LogP contribution is 2.22. The van der Waals surface area contributed by atoms with Crippen LogP contribution in [0.5, 0.6) is 0 Å². The lowest BCUT2D eigenvalue weighted by Crippen LogP contribution is -2.14. The standard InChI is InChI=1S/C12H24O2/c1-5-6-9(2)7-10(3)8-11(4)12(13)14/h9-11H,5-8H2,1-4H3,(H,13,14). The maximum Gasteiger partial charge on any atom is 0.306 e. The van der Waals surface area contributed by atoms with Crippen molar-refractivity contribution in [2.45, 2.75) is 53.4 Å². The summed E-state index contributed by atoms with van der Waals surface area (Å²) in [7, 11) is 0. The highest BCUT2D eigenvalue weighted by Gasteiger charge is 2.16. The van der Waals surface area contributed by atoms with Crippen LogP contribution in [0.4, 0.5) is 0 Å². The van der Waals surface area contributed by atoms with E-state index < -0.39 is 5.97 Å². The van der Waals surface area contributed by atoms with Crippen molar-refractivity contribution >= 4 is 5.97 Å². The number of rotatable bonds is 7. The van der Waals surface area contributed by atoms with Gasteiger partial charge in [0.1, 0.15) is 0 Å². The lowest BCUT2D eigenvalue weighted by atomic mass is 9.88. The second-order valence-electron chi connectivity index (χ2n) is 4.71. The molecule has 0 radical (unpaired) electrons. The normalized spacial score (nSPS) is 17.4. The van der Waals surface area contributed by atoms with Gasteiger partial charge in [-0.2, -0.15) is 0 Å². The maximum absolute atomic E-state index is 10.6. The molecule has 0 saturated heterocycles. The van der Waals surface area contributed by atoms with Gasteiger partial charge in [-0.15, -0.1) is 0 Å². The van der Waals surface area contributed by atoms with E-state index in [0.717, 1.165) is 18.8 Å². The van der Waals surface area contributed by atoms with Crippen molar-refractivity contribution in [2.75, 3.05) is 0 Å². The minimum absolute atomic E-state index is 0.196. The molecule has 0 aliphatic heterocycles. The quantitative estimate of drug-likeness (QED) is 0.682. The fourth-order valence-electron chi connectivity index (χ4n) is 2.10. The summed E-state index contributed by atoms with van der Waals surface area (Å²) in [6.07, 6.45) is 4.45. The van der Waals surface area contributed by atoms with Gasteiger partial charge in [-0.05, 0) is 24.7 Å². The fourth-order valence-corrected chi connectivity index (χ4v) is 2.10. The van der Waals surface area contributed by atoms with Crippen LogP contribution in [0, 0.1) is 17.8 Å². The van der Waals surface area contributed by atoms with Crippen LogP contribution in [0.2, 0.25) is 0 Å². The monoisotopic (exact) mass is 200 g/mol. The molecule has 0 aliphatic rings. The van der Waals surface area contributed by atoms with Crippen molar-refractivity contribution in [3.05, 3.63) is 0 Å². The lowest BCUT2D eigenvalue weighted by molar-refractivity contribution is -0.141. The highest BCUT2D eigenvalue weighted by atomic mass is 16.4. The Morgan fingerprint density at radius 1 is 1.14 bits per heavy atom. The van der Waals surface area contributed by atoms with Crippen LogP contribution in [0.1, 0.15) is 53.4 Å². The summed E-state index contributed by atoms with van der Waals surface area (Å²) >= 11 is 0. The number of aliphatic carboxylic acids is 1. The minimum atomic E-state index is -0.667. The number of carboxylic acid groups (broad SMARTS) is 1. The Hall–Kier alpha value is -0.530. The molecular formula is C12H24O2. The molecule has 3 atom stereocenters. The molecule has 0 aromatic heterocycles. The Labute approximate surface area is 87.7 Å². The molecule has 2 nitrogen and oxygen atoms in total. The Balaban J connectivity index is 3.74. The molecule has 3 unspecified atom stereocenters. The zero-order valence-corrected chi connectivity index (χ0v) is 9.92. The summed E-state index contributed by atoms with van der Waals surface area (Å²) in [6.45, 7) is 8.40. The van der Waals surface area contributed by atoms with Gasteiger partial charge in [0.05, 0.1) is 5.92 Å². The summed E-state index contributed by atoms with van der Waals surface area (Å²) in [5.41, 5.74) is 0. The van der Waals surface area contributed by atoms with Crippen molar-refractivity contribution < 1.29 is 9.90 Å². The minimum Gasteiger partial charge on any atom is -0.481 e. The second-order valence-corrected chi connectivity index (χ2v) is 4.71. The van der Waals surface area contributed by atoms with Gasteiger partial charge in [-0.3, -0.25) is 4.79 Å². The molecule has 0 spiro atoms. The first-order valence-electron chi connectivity index (χ1n) is 5.70. The van der Waals surface area contributed by atoms with Crippen LogP contribution in [0.15, 0.2) is 0 Å². The van der Waals surface area contributed by atoms with Crippen molar-refractivity contribution in [1.29, 1.82) is 0 Å². The Kier molecular flexibility index (Phi) is 6.60. The van der Waals surface area contributed by atoms with E-state index in [1.165, 1.54) is 12.8 Å². The predicted octanol–water partition coefficient (Wildman–Crippen LogP) is 3.56. The number of hydrogen-bond acceptors (Lipinski definition) is 1. The SMILES string of the molecule is CCCC(C)CC(C)CC(C)C(=O)O. The molecule has 84 valence electrons. The third-order valence-electron chi connectivity index (χ3n) is 2.76. The third kappa shape index (κ3) is 6.01. The van der Waals surface area contributed by atoms with E-state index in [-0.39, 0.29) is 5.92 Å². The fraction of sp³-hybridized carbons (Fsp3) is 0.917. The summed E-state index contributed by atoms with van der Waals surface area (Å²) < 4.78 is 0. The number of carboxylic acids is 1. The van der Waals surface area contributed by atoms with Gasteiger partial charge < -0.3 is 5.11 Å². The van der Waals surface area contributed by atoms with E-state index in [1.807, 2.05) is 0 Å². The van der Waals surface area contributed by atoms with Crippen molar-refractivity contribution in [1.82, 2.24) is 0 Å². The molecule has 1 N–H and O–H groups in total. The van der Waals surface area contributed by atoms with E-state index in [2.05, 4.69) is 20.8 Å². The van der Waals surface area contributed by atoms with Crippen molar-refractivity contribution in [3.63, 3.8) is 0 Å². The van der Waals surface area contributed by atoms with Gasteiger partial charge in [-0.25, -0.2) is 0 Å². The largest absolute Gasteiger partial charge is 0.481 e. The first-order valence-corrected chi connectivity index (χ1v) is 5.70. The summed E-state index contributed by atoms with van der Waals surface area (Å²) in [5, 5.41) is 8.77. The lowest BCUT2D eigenvalue weighted by Gasteiger charge is -2.18. The van der Waals surface area contributed by atoms with E-state index in [1.54, 1.807) is 6.92 Å². The van der Waals surface area contributed by atoms with Gasteiger partial charge in [0.25, 0.3) is 0 Å². The van der Waals surface area contributed by atoms with Gasteiger partial charge >= 0.3 is 5.97 Å². The van der Waals surface area contributed by atoms with Gasteiger partial charge in [0.2, 0.25) is 0 Å². The third-order valence-corrected chi connectivity index (χ3v) is 2.76. The first kappa shape index (κ1) is 13.5. The summed E-state index contributed by atoms with van der Waals surface area (Å²) in [6, 6.07) is 0. The molecule has 2 heteroatoms. The molecule has 0 fully saturated rings. The van der Waals surface area contributed by atoms with Crippen molar-refractivity contribution in [3.8, 4) is 0 Å². The van der Waals surface area contributed by atoms with Crippen LogP contribution in [0.25, 0.3) is 0 Å². The molecule has 0 aromatic rings. The summed E-state index contributed by atoms with van der Waals surface area (Å²) in [5.74, 6) is 0.400. The van der Waals surface area contributed by atoms with E-state index >= 15 is 0 Å². The average Bonchev–Trinajstić information content (AvgIpc) is 2.03. The molecule has 0 rings (SSSR count). The molecule has 0 bridgehead atoms. The molecule has 0 heterocycles. The predicted molar refractivity (Wildman–Crippen MR) is 59.3 cm³/mol. The zero-order valence-electron chi connectivity index (χ0n) is 9.92. The molecular weight excluding hydrogens is 176 g/mol. The zero-order chi connectivity index (χ0) is 11.1. The van der Waals surface area contributed by atoms with Gasteiger partial charge in [0, 0.05) is 0 Å². The molecule has 0 saturated carbocycles. The summed E-state index contributed by atoms with van der Waals surface area (Å²) in [4.78, 5) is 10.6. The van der Waals surface area contributed by atoms with Crippen LogP contribution in [-0.2, 0) is 4.79 Å². The molecule has 14 heavy (non-hydrogen) atoms. The Morgan fingerprint density at radius 2 is 1.71 bits per heavy atom. The van der Waals surface area contributed by atoms with Crippen LogP contribution >= 0.6 is 0 Å². The van der Waals surface area contributed by atoms with E-state index in [9.17, 15) is 4.79 Å². The highest BCUT2D eigenvalue weighted by molar-refractivity contribution is 5.69. The molecule has 0 amide bonds.